The van der Waals surface area contributed by atoms with Gasteiger partial charge in [-0.05, 0) is 25.0 Å². The Labute approximate surface area is 154 Å². The molecular formula is C17H25N3O5S. The van der Waals surface area contributed by atoms with E-state index in [1.165, 1.54) is 22.7 Å². The molecule has 0 aromatic heterocycles. The second kappa shape index (κ2) is 7.81. The Hall–Kier alpha value is -1.84. The predicted molar refractivity (Wildman–Crippen MR) is 96.3 cm³/mol. The van der Waals surface area contributed by atoms with Crippen molar-refractivity contribution in [2.45, 2.75) is 18.9 Å². The monoisotopic (exact) mass is 383 g/mol. The van der Waals surface area contributed by atoms with Crippen LogP contribution in [0.15, 0.2) is 24.3 Å². The first-order valence-corrected chi connectivity index (χ1v) is 10.1. The van der Waals surface area contributed by atoms with Crippen LogP contribution in [-0.2, 0) is 15.0 Å². The molecule has 0 unspecified atom stereocenters. The molecule has 1 fully saturated rings. The van der Waals surface area contributed by atoms with E-state index in [1.54, 1.807) is 0 Å². The van der Waals surface area contributed by atoms with Crippen LogP contribution in [0.2, 0.25) is 0 Å². The van der Waals surface area contributed by atoms with E-state index in [-0.39, 0.29) is 24.5 Å². The summed E-state index contributed by atoms with van der Waals surface area (Å²) in [6.07, 6.45) is 1.08. The van der Waals surface area contributed by atoms with Gasteiger partial charge in [0.05, 0.1) is 12.5 Å². The van der Waals surface area contributed by atoms with Gasteiger partial charge in [-0.2, -0.15) is 17.0 Å². The molecular weight excluding hydrogens is 358 g/mol. The van der Waals surface area contributed by atoms with Gasteiger partial charge in [0.25, 0.3) is 10.2 Å². The first-order valence-electron chi connectivity index (χ1n) is 8.71. The summed E-state index contributed by atoms with van der Waals surface area (Å²) in [6.45, 7) is 1.34. The van der Waals surface area contributed by atoms with Crippen molar-refractivity contribution in [3.63, 3.8) is 0 Å². The molecule has 0 aliphatic carbocycles. The van der Waals surface area contributed by atoms with E-state index >= 15 is 0 Å². The molecule has 144 valence electrons. The normalized spacial score (nSPS) is 23.7. The molecule has 1 aromatic carbocycles. The largest absolute Gasteiger partial charge is 0.486 e. The minimum absolute atomic E-state index is 0.147. The molecule has 3 rings (SSSR count). The van der Waals surface area contributed by atoms with Gasteiger partial charge < -0.3 is 14.8 Å². The molecule has 2 aliphatic heterocycles. The zero-order valence-electron chi connectivity index (χ0n) is 15.1. The summed E-state index contributed by atoms with van der Waals surface area (Å²) in [5.41, 5.74) is 0. The first-order chi connectivity index (χ1) is 12.4. The molecule has 9 heteroatoms. The fourth-order valence-electron chi connectivity index (χ4n) is 3.12. The zero-order chi connectivity index (χ0) is 18.7. The number of para-hydroxylation sites is 2. The molecule has 0 spiro atoms. The van der Waals surface area contributed by atoms with Gasteiger partial charge in [-0.25, -0.2) is 0 Å². The lowest BCUT2D eigenvalue weighted by molar-refractivity contribution is -0.126. The number of carbonyl (C=O) groups is 1. The highest BCUT2D eigenvalue weighted by atomic mass is 32.2. The van der Waals surface area contributed by atoms with Crippen molar-refractivity contribution in [2.75, 3.05) is 40.3 Å². The Morgan fingerprint density at radius 1 is 1.31 bits per heavy atom. The summed E-state index contributed by atoms with van der Waals surface area (Å²) in [4.78, 5) is 12.5. The van der Waals surface area contributed by atoms with E-state index < -0.39 is 10.2 Å². The number of benzene rings is 1. The minimum atomic E-state index is -3.49. The topological polar surface area (TPSA) is 88.2 Å². The van der Waals surface area contributed by atoms with Crippen LogP contribution in [0.25, 0.3) is 0 Å². The number of amides is 1. The molecule has 1 saturated heterocycles. The fraction of sp³-hybridized carbons (Fsp3) is 0.588. The van der Waals surface area contributed by atoms with Gasteiger partial charge in [-0.15, -0.1) is 0 Å². The number of hydrogen-bond acceptors (Lipinski definition) is 5. The van der Waals surface area contributed by atoms with Crippen LogP contribution in [0, 0.1) is 5.92 Å². The number of piperidine rings is 1. The summed E-state index contributed by atoms with van der Waals surface area (Å²) in [5.74, 6) is 0.868. The van der Waals surface area contributed by atoms with Gasteiger partial charge in [0.1, 0.15) is 12.7 Å². The summed E-state index contributed by atoms with van der Waals surface area (Å²) < 4.78 is 38.5. The highest BCUT2D eigenvalue weighted by Gasteiger charge is 2.33. The molecule has 2 heterocycles. The lowest BCUT2D eigenvalue weighted by Crippen LogP contribution is -2.50. The Morgan fingerprint density at radius 3 is 2.77 bits per heavy atom. The number of carbonyl (C=O) groups excluding carboxylic acids is 1. The van der Waals surface area contributed by atoms with E-state index in [1.807, 2.05) is 24.3 Å². The number of hydrogen-bond donors (Lipinski definition) is 1. The van der Waals surface area contributed by atoms with Crippen molar-refractivity contribution in [2.24, 2.45) is 5.92 Å². The van der Waals surface area contributed by atoms with E-state index in [2.05, 4.69) is 5.32 Å². The molecule has 1 N–H and O–H groups in total. The number of ether oxygens (including phenoxy) is 2. The van der Waals surface area contributed by atoms with Crippen molar-refractivity contribution in [3.8, 4) is 11.5 Å². The summed E-state index contributed by atoms with van der Waals surface area (Å²) >= 11 is 0. The molecule has 1 aromatic rings. The number of nitrogens with zero attached hydrogens (tertiary/aromatic N) is 2. The lowest BCUT2D eigenvalue weighted by atomic mass is 9.99. The second-order valence-corrected chi connectivity index (χ2v) is 8.87. The maximum absolute atomic E-state index is 12.5. The Balaban J connectivity index is 1.52. The van der Waals surface area contributed by atoms with Crippen LogP contribution in [0.5, 0.6) is 11.5 Å². The van der Waals surface area contributed by atoms with Gasteiger partial charge in [0.2, 0.25) is 5.91 Å². The maximum atomic E-state index is 12.5. The zero-order valence-corrected chi connectivity index (χ0v) is 15.9. The third-order valence-electron chi connectivity index (χ3n) is 4.61. The molecule has 1 amide bonds. The first kappa shape index (κ1) is 18.9. The molecule has 2 aliphatic rings. The quantitative estimate of drug-likeness (QED) is 0.798. The standard InChI is InChI=1S/C17H25N3O5S/c1-19(2)26(22,23)20-9-5-6-13(11-20)17(21)18-10-14-12-24-15-7-3-4-8-16(15)25-14/h3-4,7-8,13-14H,5-6,9-12H2,1-2H3,(H,18,21)/t13-,14-/m0/s1. The average Bonchev–Trinajstić information content (AvgIpc) is 2.66. The number of rotatable bonds is 5. The fourth-order valence-corrected chi connectivity index (χ4v) is 4.31. The van der Waals surface area contributed by atoms with Crippen molar-refractivity contribution in [3.05, 3.63) is 24.3 Å². The van der Waals surface area contributed by atoms with Gasteiger partial charge in [0, 0.05) is 27.2 Å². The molecule has 0 saturated carbocycles. The lowest BCUT2D eigenvalue weighted by Gasteiger charge is -2.33. The minimum Gasteiger partial charge on any atom is -0.486 e. The maximum Gasteiger partial charge on any atom is 0.281 e. The smallest absolute Gasteiger partial charge is 0.281 e. The number of fused-ring (bicyclic) bond motifs is 1. The van der Waals surface area contributed by atoms with E-state index in [0.717, 1.165) is 0 Å². The Kier molecular flexibility index (Phi) is 5.69. The van der Waals surface area contributed by atoms with E-state index in [4.69, 9.17) is 9.47 Å². The Morgan fingerprint density at radius 2 is 2.04 bits per heavy atom. The number of nitrogens with one attached hydrogen (secondary N) is 1. The summed E-state index contributed by atoms with van der Waals surface area (Å²) in [6, 6.07) is 7.41. The van der Waals surface area contributed by atoms with Crippen molar-refractivity contribution < 1.29 is 22.7 Å². The van der Waals surface area contributed by atoms with Crippen molar-refractivity contribution >= 4 is 16.1 Å². The van der Waals surface area contributed by atoms with Crippen molar-refractivity contribution in [1.29, 1.82) is 0 Å². The highest BCUT2D eigenvalue weighted by molar-refractivity contribution is 7.86. The summed E-state index contributed by atoms with van der Waals surface area (Å²) in [5, 5.41) is 2.88. The highest BCUT2D eigenvalue weighted by Crippen LogP contribution is 2.30. The van der Waals surface area contributed by atoms with Crippen LogP contribution < -0.4 is 14.8 Å². The van der Waals surface area contributed by atoms with Crippen LogP contribution in [0.3, 0.4) is 0 Å². The van der Waals surface area contributed by atoms with Crippen molar-refractivity contribution in [1.82, 2.24) is 13.9 Å². The van der Waals surface area contributed by atoms with Crippen LogP contribution >= 0.6 is 0 Å². The second-order valence-electron chi connectivity index (χ2n) is 6.73. The molecule has 2 atom stereocenters. The molecule has 0 bridgehead atoms. The van der Waals surface area contributed by atoms with E-state index in [9.17, 15) is 13.2 Å². The van der Waals surface area contributed by atoms with Crippen LogP contribution in [-0.4, -0.2) is 69.4 Å². The SMILES string of the molecule is CN(C)S(=O)(=O)N1CCC[C@H](C(=O)NC[C@H]2COc3ccccc3O2)C1. The predicted octanol–water partition coefficient (Wildman–Crippen LogP) is 0.461. The molecule has 26 heavy (non-hydrogen) atoms. The van der Waals surface area contributed by atoms with Gasteiger partial charge in [-0.3, -0.25) is 4.79 Å². The summed E-state index contributed by atoms with van der Waals surface area (Å²) in [7, 11) is -0.499. The molecule has 8 nitrogen and oxygen atoms in total. The van der Waals surface area contributed by atoms with Crippen LogP contribution in [0.4, 0.5) is 0 Å². The van der Waals surface area contributed by atoms with Gasteiger partial charge in [0.15, 0.2) is 11.5 Å². The van der Waals surface area contributed by atoms with Crippen LogP contribution in [0.1, 0.15) is 12.8 Å². The van der Waals surface area contributed by atoms with Gasteiger partial charge >= 0.3 is 0 Å². The van der Waals surface area contributed by atoms with E-state index in [0.29, 0.717) is 44.0 Å². The average molecular weight is 383 g/mol. The van der Waals surface area contributed by atoms with Gasteiger partial charge in [-0.1, -0.05) is 12.1 Å². The molecule has 0 radical (unpaired) electrons. The third-order valence-corrected chi connectivity index (χ3v) is 6.52. The third kappa shape index (κ3) is 4.11. The Bertz CT molecular complexity index is 753.